The van der Waals surface area contributed by atoms with Crippen molar-refractivity contribution in [3.63, 3.8) is 0 Å². The summed E-state index contributed by atoms with van der Waals surface area (Å²) >= 11 is 0. The van der Waals surface area contributed by atoms with Crippen LogP contribution in [0.5, 0.6) is 11.5 Å². The van der Waals surface area contributed by atoms with Gasteiger partial charge in [-0.2, -0.15) is 5.26 Å². The maximum atomic E-state index is 9.81. The van der Waals surface area contributed by atoms with Crippen LogP contribution in [0.4, 0.5) is 5.82 Å². The zero-order chi connectivity index (χ0) is 19.8. The number of nitrogen functional groups attached to an aromatic ring is 1. The number of pyridine rings is 1. The second kappa shape index (κ2) is 7.11. The van der Waals surface area contributed by atoms with Crippen LogP contribution in [0.3, 0.4) is 0 Å². The molecule has 0 unspecified atom stereocenters. The monoisotopic (exact) mass is 366 g/mol. The Kier molecular flexibility index (Phi) is 5.01. The van der Waals surface area contributed by atoms with Gasteiger partial charge in [-0.3, -0.25) is 5.73 Å². The number of benzene rings is 1. The predicted molar refractivity (Wildman–Crippen MR) is 106 cm³/mol. The molecule has 5 heteroatoms. The van der Waals surface area contributed by atoms with Crippen LogP contribution in [-0.4, -0.2) is 14.2 Å². The standard InChI is InChI=1S/C22H27N3O2/c1-22(2,3)14-7-8-17-15(11-14)20(16(12-23)21(24)25-17)13-6-9-18(26-4)19(10-13)27-5/h6,9-10,14H,7-8,11H2,1-5H3,(H2,24,25)/p+1/t14-/m1/s1. The van der Waals surface area contributed by atoms with E-state index < -0.39 is 0 Å². The molecule has 0 saturated heterocycles. The lowest BCUT2D eigenvalue weighted by atomic mass is 9.70. The van der Waals surface area contributed by atoms with Crippen molar-refractivity contribution >= 4 is 5.82 Å². The van der Waals surface area contributed by atoms with Crippen LogP contribution in [-0.2, 0) is 12.8 Å². The number of aromatic amines is 1. The van der Waals surface area contributed by atoms with Crippen LogP contribution in [0.25, 0.3) is 11.1 Å². The molecule has 0 fully saturated rings. The molecule has 142 valence electrons. The molecule has 1 atom stereocenters. The van der Waals surface area contributed by atoms with Crippen molar-refractivity contribution in [3.05, 3.63) is 35.0 Å². The third kappa shape index (κ3) is 3.44. The first-order valence-electron chi connectivity index (χ1n) is 9.29. The highest BCUT2D eigenvalue weighted by atomic mass is 16.5. The first-order chi connectivity index (χ1) is 12.8. The molecule has 0 aliphatic heterocycles. The Morgan fingerprint density at radius 1 is 1.19 bits per heavy atom. The molecule has 1 heterocycles. The van der Waals surface area contributed by atoms with Crippen LogP contribution in [0.2, 0.25) is 0 Å². The highest BCUT2D eigenvalue weighted by molar-refractivity contribution is 5.79. The van der Waals surface area contributed by atoms with E-state index in [1.54, 1.807) is 14.2 Å². The Balaban J connectivity index is 2.23. The number of aromatic nitrogens is 1. The fourth-order valence-corrected chi connectivity index (χ4v) is 4.01. The van der Waals surface area contributed by atoms with Gasteiger partial charge < -0.3 is 9.47 Å². The number of nitrogens with two attached hydrogens (primary N) is 1. The number of rotatable bonds is 3. The van der Waals surface area contributed by atoms with Crippen molar-refractivity contribution in [2.24, 2.45) is 11.3 Å². The van der Waals surface area contributed by atoms with Gasteiger partial charge in [-0.1, -0.05) is 26.8 Å². The summed E-state index contributed by atoms with van der Waals surface area (Å²) in [5, 5.41) is 9.81. The fraction of sp³-hybridized carbons (Fsp3) is 0.455. The predicted octanol–water partition coefficient (Wildman–Crippen LogP) is 3.79. The molecule has 3 N–H and O–H groups in total. The van der Waals surface area contributed by atoms with Gasteiger partial charge in [0.05, 0.1) is 14.2 Å². The molecule has 3 rings (SSSR count). The van der Waals surface area contributed by atoms with Gasteiger partial charge in [-0.25, -0.2) is 4.98 Å². The number of fused-ring (bicyclic) bond motifs is 1. The smallest absolute Gasteiger partial charge is 0.289 e. The van der Waals surface area contributed by atoms with Crippen LogP contribution in [0, 0.1) is 22.7 Å². The van der Waals surface area contributed by atoms with E-state index in [0.717, 1.165) is 36.1 Å². The van der Waals surface area contributed by atoms with E-state index in [2.05, 4.69) is 31.8 Å². The lowest BCUT2D eigenvalue weighted by Crippen LogP contribution is -2.32. The molecule has 0 bridgehead atoms. The molecule has 1 aromatic carbocycles. The number of hydrogen-bond acceptors (Lipinski definition) is 4. The quantitative estimate of drug-likeness (QED) is 0.896. The molecule has 0 radical (unpaired) electrons. The Bertz CT molecular complexity index is 907. The summed E-state index contributed by atoms with van der Waals surface area (Å²) in [5.74, 6) is 2.28. The lowest BCUT2D eigenvalue weighted by Gasteiger charge is -2.35. The van der Waals surface area contributed by atoms with Gasteiger partial charge in [0.25, 0.3) is 5.82 Å². The van der Waals surface area contributed by atoms with Gasteiger partial charge >= 0.3 is 0 Å². The number of anilines is 1. The van der Waals surface area contributed by atoms with Crippen molar-refractivity contribution in [2.45, 2.75) is 40.0 Å². The molecule has 1 aliphatic carbocycles. The van der Waals surface area contributed by atoms with E-state index in [9.17, 15) is 5.26 Å². The Hall–Kier alpha value is -2.74. The van der Waals surface area contributed by atoms with Gasteiger partial charge in [0.15, 0.2) is 11.5 Å². The highest BCUT2D eigenvalue weighted by Crippen LogP contribution is 2.42. The summed E-state index contributed by atoms with van der Waals surface area (Å²) in [6, 6.07) is 8.07. The summed E-state index contributed by atoms with van der Waals surface area (Å²) < 4.78 is 10.8. The normalized spacial score (nSPS) is 16.4. The number of nitrogens with one attached hydrogen (secondary N) is 1. The zero-order valence-electron chi connectivity index (χ0n) is 16.8. The van der Waals surface area contributed by atoms with E-state index >= 15 is 0 Å². The Morgan fingerprint density at radius 3 is 2.48 bits per heavy atom. The largest absolute Gasteiger partial charge is 0.493 e. The van der Waals surface area contributed by atoms with Crippen LogP contribution < -0.4 is 20.2 Å². The third-order valence-electron chi connectivity index (χ3n) is 5.67. The van der Waals surface area contributed by atoms with Gasteiger partial charge in [0.2, 0.25) is 0 Å². The number of hydrogen-bond donors (Lipinski definition) is 1. The number of ether oxygens (including phenoxy) is 2. The molecule has 0 saturated carbocycles. The number of nitrogens with zero attached hydrogens (tertiary/aromatic N) is 1. The summed E-state index contributed by atoms with van der Waals surface area (Å²) in [6.07, 6.45) is 2.98. The summed E-state index contributed by atoms with van der Waals surface area (Å²) in [5.41, 5.74) is 11.1. The molecular formula is C22H28N3O2+. The van der Waals surface area contributed by atoms with Crippen molar-refractivity contribution in [3.8, 4) is 28.7 Å². The average molecular weight is 366 g/mol. The van der Waals surface area contributed by atoms with E-state index in [-0.39, 0.29) is 5.41 Å². The molecule has 27 heavy (non-hydrogen) atoms. The molecule has 0 amide bonds. The van der Waals surface area contributed by atoms with Crippen LogP contribution in [0.15, 0.2) is 18.2 Å². The van der Waals surface area contributed by atoms with E-state index in [1.807, 2.05) is 18.2 Å². The zero-order valence-corrected chi connectivity index (χ0v) is 16.8. The minimum atomic E-state index is 0.209. The number of nitriles is 1. The Morgan fingerprint density at radius 2 is 1.89 bits per heavy atom. The topological polar surface area (TPSA) is 82.4 Å². The van der Waals surface area contributed by atoms with Gasteiger partial charge in [0.1, 0.15) is 17.3 Å². The van der Waals surface area contributed by atoms with Crippen molar-refractivity contribution < 1.29 is 14.5 Å². The Labute approximate surface area is 161 Å². The second-order valence-corrected chi connectivity index (χ2v) is 8.23. The number of methoxy groups -OCH3 is 2. The molecule has 0 spiro atoms. The first kappa shape index (κ1) is 19.0. The summed E-state index contributed by atoms with van der Waals surface area (Å²) in [4.78, 5) is 3.28. The SMILES string of the molecule is COc1ccc(-c2c(C#N)c(N)[nH+]c3c2C[C@H](C(C)(C)C)CC3)cc1OC. The maximum Gasteiger partial charge on any atom is 0.289 e. The van der Waals surface area contributed by atoms with Crippen molar-refractivity contribution in [2.75, 3.05) is 20.0 Å². The molecule has 1 aromatic heterocycles. The van der Waals surface area contributed by atoms with Gasteiger partial charge in [0, 0.05) is 17.5 Å². The summed E-state index contributed by atoms with van der Waals surface area (Å²) in [7, 11) is 3.23. The van der Waals surface area contributed by atoms with Crippen molar-refractivity contribution in [1.29, 1.82) is 5.26 Å². The second-order valence-electron chi connectivity index (χ2n) is 8.23. The minimum absolute atomic E-state index is 0.209. The third-order valence-corrected chi connectivity index (χ3v) is 5.67. The summed E-state index contributed by atoms with van der Waals surface area (Å²) in [6.45, 7) is 6.85. The molecule has 5 nitrogen and oxygen atoms in total. The maximum absolute atomic E-state index is 9.81. The van der Waals surface area contributed by atoms with Crippen LogP contribution in [0.1, 0.15) is 44.0 Å². The van der Waals surface area contributed by atoms with E-state index in [0.29, 0.717) is 28.8 Å². The average Bonchev–Trinajstić information content (AvgIpc) is 2.65. The fourth-order valence-electron chi connectivity index (χ4n) is 4.01. The lowest BCUT2D eigenvalue weighted by molar-refractivity contribution is -0.375. The van der Waals surface area contributed by atoms with Gasteiger partial charge in [-0.05, 0) is 41.9 Å². The number of aryl methyl sites for hydroxylation is 1. The van der Waals surface area contributed by atoms with Gasteiger partial charge in [-0.15, -0.1) is 0 Å². The van der Waals surface area contributed by atoms with Crippen LogP contribution >= 0.6 is 0 Å². The number of H-pyrrole nitrogens is 1. The van der Waals surface area contributed by atoms with E-state index in [1.165, 1.54) is 5.56 Å². The first-order valence-corrected chi connectivity index (χ1v) is 9.29. The highest BCUT2D eigenvalue weighted by Gasteiger charge is 2.34. The van der Waals surface area contributed by atoms with E-state index in [4.69, 9.17) is 15.2 Å². The van der Waals surface area contributed by atoms with Crippen molar-refractivity contribution in [1.82, 2.24) is 0 Å². The molecule has 2 aromatic rings. The molecule has 1 aliphatic rings. The molecular weight excluding hydrogens is 338 g/mol. The minimum Gasteiger partial charge on any atom is -0.493 e.